The second kappa shape index (κ2) is 9.14. The normalized spacial score (nSPS) is 24.3. The fourth-order valence-corrected chi connectivity index (χ4v) is 5.12. The minimum Gasteiger partial charge on any atom is -0.481 e. The van der Waals surface area contributed by atoms with Gasteiger partial charge in [-0.3, -0.25) is 9.67 Å². The van der Waals surface area contributed by atoms with Crippen molar-refractivity contribution in [1.29, 1.82) is 0 Å². The van der Waals surface area contributed by atoms with Gasteiger partial charge in [-0.25, -0.2) is 18.2 Å². The zero-order valence-electron chi connectivity index (χ0n) is 19.1. The Kier molecular flexibility index (Phi) is 6.20. The number of alkyl halides is 2. The third kappa shape index (κ3) is 4.61. The van der Waals surface area contributed by atoms with Crippen molar-refractivity contribution in [2.75, 3.05) is 13.7 Å². The van der Waals surface area contributed by atoms with E-state index in [0.29, 0.717) is 48.5 Å². The van der Waals surface area contributed by atoms with E-state index in [-0.39, 0.29) is 17.0 Å². The second-order valence-electron chi connectivity index (χ2n) is 9.37. The number of nitrogens with zero attached hydrogens (tertiary/aromatic N) is 4. The van der Waals surface area contributed by atoms with E-state index in [2.05, 4.69) is 20.4 Å². The maximum Gasteiger partial charge on any atom is 0.257 e. The molecule has 5 heterocycles. The van der Waals surface area contributed by atoms with Gasteiger partial charge in [-0.15, -0.1) is 0 Å². The number of ether oxygens (including phenoxy) is 2. The Morgan fingerprint density at radius 3 is 2.74 bits per heavy atom. The molecule has 1 N–H and O–H groups in total. The van der Waals surface area contributed by atoms with E-state index in [9.17, 15) is 13.2 Å². The van der Waals surface area contributed by atoms with Crippen LogP contribution in [0.15, 0.2) is 30.7 Å². The highest BCUT2D eigenvalue weighted by Gasteiger charge is 2.49. The van der Waals surface area contributed by atoms with Gasteiger partial charge in [-0.2, -0.15) is 5.10 Å². The summed E-state index contributed by atoms with van der Waals surface area (Å²) in [6.07, 6.45) is 6.99. The summed E-state index contributed by atoms with van der Waals surface area (Å²) >= 11 is 0. The first-order valence-electron chi connectivity index (χ1n) is 11.6. The molecule has 3 aromatic heterocycles. The number of nitrogens with one attached hydrogen (secondary N) is 1. The van der Waals surface area contributed by atoms with Gasteiger partial charge in [0.25, 0.3) is 6.43 Å². The molecule has 10 heteroatoms. The quantitative estimate of drug-likeness (QED) is 0.504. The first kappa shape index (κ1) is 23.0. The van der Waals surface area contributed by atoms with Crippen LogP contribution in [0, 0.1) is 5.82 Å². The lowest BCUT2D eigenvalue weighted by Crippen LogP contribution is -2.61. The van der Waals surface area contributed by atoms with Crippen LogP contribution in [0.4, 0.5) is 13.2 Å². The molecule has 2 bridgehead atoms. The van der Waals surface area contributed by atoms with E-state index in [1.54, 1.807) is 24.5 Å². The summed E-state index contributed by atoms with van der Waals surface area (Å²) in [6.45, 7) is 0.734. The van der Waals surface area contributed by atoms with Crippen LogP contribution in [-0.4, -0.2) is 51.0 Å². The van der Waals surface area contributed by atoms with Crippen molar-refractivity contribution in [2.45, 2.75) is 69.2 Å². The third-order valence-electron chi connectivity index (χ3n) is 7.23. The molecule has 0 unspecified atom stereocenters. The van der Waals surface area contributed by atoms with E-state index < -0.39 is 13.0 Å². The minimum absolute atomic E-state index is 0.129. The van der Waals surface area contributed by atoms with Gasteiger partial charge in [0.05, 0.1) is 42.7 Å². The number of aromatic nitrogens is 4. The monoisotopic (exact) mass is 475 g/mol. The van der Waals surface area contributed by atoms with Gasteiger partial charge < -0.3 is 14.8 Å². The molecule has 182 valence electrons. The van der Waals surface area contributed by atoms with Crippen molar-refractivity contribution in [1.82, 2.24) is 25.1 Å². The number of pyridine rings is 2. The number of methoxy groups -OCH3 is 1. The fourth-order valence-electron chi connectivity index (χ4n) is 5.12. The van der Waals surface area contributed by atoms with Crippen LogP contribution in [0.2, 0.25) is 0 Å². The van der Waals surface area contributed by atoms with Gasteiger partial charge >= 0.3 is 0 Å². The molecule has 34 heavy (non-hydrogen) atoms. The number of aryl methyl sites for hydroxylation is 1. The van der Waals surface area contributed by atoms with Crippen molar-refractivity contribution < 1.29 is 22.6 Å². The topological polar surface area (TPSA) is 74.1 Å². The largest absolute Gasteiger partial charge is 0.481 e. The molecule has 2 aliphatic heterocycles. The summed E-state index contributed by atoms with van der Waals surface area (Å²) in [5.74, 6) is 0.0705. The van der Waals surface area contributed by atoms with Crippen molar-refractivity contribution in [3.05, 3.63) is 47.7 Å². The summed E-state index contributed by atoms with van der Waals surface area (Å²) in [7, 11) is 1.53. The highest BCUT2D eigenvalue weighted by atomic mass is 19.3. The highest BCUT2D eigenvalue weighted by Crippen LogP contribution is 2.46. The van der Waals surface area contributed by atoms with Gasteiger partial charge in [0, 0.05) is 35.5 Å². The van der Waals surface area contributed by atoms with Crippen LogP contribution in [-0.2, 0) is 24.2 Å². The molecular formula is C24H28F3N5O2. The van der Waals surface area contributed by atoms with Gasteiger partial charge in [0.1, 0.15) is 12.4 Å². The maximum absolute atomic E-state index is 14.7. The molecule has 7 nitrogen and oxygen atoms in total. The van der Waals surface area contributed by atoms with Crippen LogP contribution in [0.3, 0.4) is 0 Å². The van der Waals surface area contributed by atoms with Crippen molar-refractivity contribution in [3.8, 4) is 5.88 Å². The molecule has 2 saturated heterocycles. The number of halogens is 3. The van der Waals surface area contributed by atoms with E-state index >= 15 is 0 Å². The molecule has 0 atom stereocenters. The van der Waals surface area contributed by atoms with E-state index in [1.165, 1.54) is 18.0 Å². The van der Waals surface area contributed by atoms with Crippen LogP contribution in [0.25, 0.3) is 11.0 Å². The summed E-state index contributed by atoms with van der Waals surface area (Å²) in [6, 6.07) is 3.51. The predicted octanol–water partition coefficient (Wildman–Crippen LogP) is 4.04. The fraction of sp³-hybridized carbons (Fsp3) is 0.542. The average Bonchev–Trinajstić information content (AvgIpc) is 3.30. The summed E-state index contributed by atoms with van der Waals surface area (Å²) in [5.41, 5.74) is 2.19. The molecule has 0 amide bonds. The zero-order chi connectivity index (χ0) is 23.8. The summed E-state index contributed by atoms with van der Waals surface area (Å²) < 4.78 is 52.6. The molecular weight excluding hydrogens is 447 g/mol. The molecule has 3 aliphatic rings. The van der Waals surface area contributed by atoms with Gasteiger partial charge in [-0.05, 0) is 44.6 Å². The SMILES string of the molecule is COc1ccc2ncc(F)c(CCC34CCC(NCc5cnn(CC(F)F)c5)(CC3)CO4)c2n1. The number of fused-ring (bicyclic) bond motifs is 4. The van der Waals surface area contributed by atoms with E-state index in [0.717, 1.165) is 31.2 Å². The zero-order valence-corrected chi connectivity index (χ0v) is 19.1. The van der Waals surface area contributed by atoms with Crippen molar-refractivity contribution >= 4 is 11.0 Å². The first-order chi connectivity index (χ1) is 16.4. The Morgan fingerprint density at radius 1 is 1.21 bits per heavy atom. The van der Waals surface area contributed by atoms with Gasteiger partial charge in [0.2, 0.25) is 5.88 Å². The van der Waals surface area contributed by atoms with Crippen LogP contribution in [0.5, 0.6) is 5.88 Å². The Labute approximate surface area is 195 Å². The second-order valence-corrected chi connectivity index (χ2v) is 9.37. The van der Waals surface area contributed by atoms with Crippen molar-refractivity contribution in [2.24, 2.45) is 0 Å². The smallest absolute Gasteiger partial charge is 0.257 e. The first-order valence-corrected chi connectivity index (χ1v) is 11.6. The van der Waals surface area contributed by atoms with Gasteiger partial charge in [0.15, 0.2) is 0 Å². The summed E-state index contributed by atoms with van der Waals surface area (Å²) in [5, 5.41) is 7.58. The van der Waals surface area contributed by atoms with E-state index in [1.807, 2.05) is 0 Å². The molecule has 1 saturated carbocycles. The molecule has 0 aromatic carbocycles. The third-order valence-corrected chi connectivity index (χ3v) is 7.23. The van der Waals surface area contributed by atoms with Crippen molar-refractivity contribution in [3.63, 3.8) is 0 Å². The Bertz CT molecular complexity index is 1140. The molecule has 0 spiro atoms. The number of hydrogen-bond acceptors (Lipinski definition) is 6. The predicted molar refractivity (Wildman–Crippen MR) is 119 cm³/mol. The van der Waals surface area contributed by atoms with E-state index in [4.69, 9.17) is 9.47 Å². The minimum atomic E-state index is -2.42. The molecule has 3 aromatic rings. The summed E-state index contributed by atoms with van der Waals surface area (Å²) in [4.78, 5) is 8.59. The van der Waals surface area contributed by atoms with Crippen LogP contribution >= 0.6 is 0 Å². The van der Waals surface area contributed by atoms with Gasteiger partial charge in [-0.1, -0.05) is 0 Å². The number of rotatable bonds is 9. The highest BCUT2D eigenvalue weighted by molar-refractivity contribution is 5.78. The lowest BCUT2D eigenvalue weighted by molar-refractivity contribution is -0.165. The standard InChI is InChI=1S/C24H28F3N5O2/c1-33-21-3-2-19-22(31-21)17(18(25)12-28-19)4-5-24-8-6-23(7-9-24,15-34-24)29-10-16-11-30-32(13-16)14-20(26)27/h2-3,11-13,20,29H,4-10,14-15H2,1H3. The lowest BCUT2D eigenvalue weighted by Gasteiger charge is -2.53. The molecule has 3 fully saturated rings. The maximum atomic E-state index is 14.7. The molecule has 1 aliphatic carbocycles. The average molecular weight is 476 g/mol. The van der Waals surface area contributed by atoms with Crippen LogP contribution in [0.1, 0.15) is 43.2 Å². The number of hydrogen-bond donors (Lipinski definition) is 1. The van der Waals surface area contributed by atoms with Crippen LogP contribution < -0.4 is 10.1 Å². The molecule has 6 rings (SSSR count). The Morgan fingerprint density at radius 2 is 2.03 bits per heavy atom. The lowest BCUT2D eigenvalue weighted by atomic mass is 9.69. The Balaban J connectivity index is 1.21. The molecule has 0 radical (unpaired) electrons. The Hall–Kier alpha value is -2.72.